The van der Waals surface area contributed by atoms with Crippen LogP contribution in [0.4, 0.5) is 8.78 Å². The van der Waals surface area contributed by atoms with Crippen LogP contribution >= 0.6 is 0 Å². The van der Waals surface area contributed by atoms with Crippen molar-refractivity contribution in [2.24, 2.45) is 0 Å². The molecule has 0 aliphatic heterocycles. The zero-order valence-corrected chi connectivity index (χ0v) is 10.2. The first-order valence-electron chi connectivity index (χ1n) is 5.69. The molecule has 0 saturated heterocycles. The molecule has 18 heavy (non-hydrogen) atoms. The van der Waals surface area contributed by atoms with E-state index in [1.807, 2.05) is 13.8 Å². The molecule has 0 radical (unpaired) electrons. The lowest BCUT2D eigenvalue weighted by molar-refractivity contribution is 0.122. The summed E-state index contributed by atoms with van der Waals surface area (Å²) < 4.78 is 25.6. The molecule has 0 aromatic carbocycles. The van der Waals surface area contributed by atoms with Crippen LogP contribution in [0.5, 0.6) is 0 Å². The summed E-state index contributed by atoms with van der Waals surface area (Å²) in [6, 6.07) is 0. The lowest BCUT2D eigenvalue weighted by Gasteiger charge is -2.04. The summed E-state index contributed by atoms with van der Waals surface area (Å²) in [5.41, 5.74) is 2.22. The molecule has 0 spiro atoms. The van der Waals surface area contributed by atoms with Gasteiger partial charge in [0.15, 0.2) is 0 Å². The molecule has 0 aliphatic rings. The predicted molar refractivity (Wildman–Crippen MR) is 63.3 cm³/mol. The first-order chi connectivity index (χ1) is 8.56. The second-order valence-corrected chi connectivity index (χ2v) is 4.33. The summed E-state index contributed by atoms with van der Waals surface area (Å²) in [5, 5.41) is 3.88. The van der Waals surface area contributed by atoms with Gasteiger partial charge in [-0.1, -0.05) is 13.8 Å². The third kappa shape index (κ3) is 2.88. The van der Waals surface area contributed by atoms with Gasteiger partial charge in [0.05, 0.1) is 23.8 Å². The second kappa shape index (κ2) is 5.20. The summed E-state index contributed by atoms with van der Waals surface area (Å²) in [6.07, 6.45) is 3.98. The zero-order chi connectivity index (χ0) is 13.1. The van der Waals surface area contributed by atoms with E-state index in [0.29, 0.717) is 11.3 Å². The molecule has 96 valence electrons. The van der Waals surface area contributed by atoms with Crippen LogP contribution in [-0.4, -0.2) is 26.2 Å². The van der Waals surface area contributed by atoms with E-state index in [1.54, 1.807) is 18.6 Å². The normalized spacial score (nSPS) is 11.4. The fourth-order valence-electron chi connectivity index (χ4n) is 1.54. The van der Waals surface area contributed by atoms with Gasteiger partial charge in [0, 0.05) is 18.0 Å². The Morgan fingerprint density at radius 2 is 2.00 bits per heavy atom. The van der Waals surface area contributed by atoms with Crippen molar-refractivity contribution in [1.82, 2.24) is 19.7 Å². The number of hydrogen-bond acceptors (Lipinski definition) is 3. The SMILES string of the molecule is CC(C)c1cncc(-c2cnn(CC(F)F)c2)n1. The lowest BCUT2D eigenvalue weighted by Crippen LogP contribution is -2.06. The van der Waals surface area contributed by atoms with Crippen LogP contribution < -0.4 is 0 Å². The largest absolute Gasteiger partial charge is 0.266 e. The minimum Gasteiger partial charge on any atom is -0.266 e. The Kier molecular flexibility index (Phi) is 3.64. The molecular formula is C12H14F2N4. The van der Waals surface area contributed by atoms with Crippen molar-refractivity contribution in [2.45, 2.75) is 32.7 Å². The molecule has 4 nitrogen and oxygen atoms in total. The minimum atomic E-state index is -2.41. The highest BCUT2D eigenvalue weighted by atomic mass is 19.3. The lowest BCUT2D eigenvalue weighted by atomic mass is 10.1. The fourth-order valence-corrected chi connectivity index (χ4v) is 1.54. The molecule has 0 amide bonds. The molecule has 0 fully saturated rings. The van der Waals surface area contributed by atoms with Crippen molar-refractivity contribution in [1.29, 1.82) is 0 Å². The average Bonchev–Trinajstić information content (AvgIpc) is 2.77. The van der Waals surface area contributed by atoms with Gasteiger partial charge in [0.2, 0.25) is 0 Å². The van der Waals surface area contributed by atoms with Crippen LogP contribution in [0.25, 0.3) is 11.3 Å². The molecule has 6 heteroatoms. The zero-order valence-electron chi connectivity index (χ0n) is 10.2. The Bertz CT molecular complexity index is 522. The number of halogens is 2. The van der Waals surface area contributed by atoms with E-state index in [4.69, 9.17) is 0 Å². The van der Waals surface area contributed by atoms with Crippen LogP contribution in [0.1, 0.15) is 25.5 Å². The number of aromatic nitrogens is 4. The number of rotatable bonds is 4. The van der Waals surface area contributed by atoms with Crippen molar-refractivity contribution in [3.63, 3.8) is 0 Å². The van der Waals surface area contributed by atoms with Crippen LogP contribution in [0, 0.1) is 0 Å². The summed E-state index contributed by atoms with van der Waals surface area (Å²) in [4.78, 5) is 8.54. The molecule has 0 aliphatic carbocycles. The molecular weight excluding hydrogens is 238 g/mol. The maximum atomic E-state index is 12.2. The molecule has 0 atom stereocenters. The summed E-state index contributed by atoms with van der Waals surface area (Å²) in [6.45, 7) is 3.64. The van der Waals surface area contributed by atoms with Crippen molar-refractivity contribution in [3.8, 4) is 11.3 Å². The fraction of sp³-hybridized carbons (Fsp3) is 0.417. The van der Waals surface area contributed by atoms with Crippen molar-refractivity contribution >= 4 is 0 Å². The third-order valence-electron chi connectivity index (χ3n) is 2.50. The number of alkyl halides is 2. The highest BCUT2D eigenvalue weighted by Crippen LogP contribution is 2.18. The Hall–Kier alpha value is -1.85. The van der Waals surface area contributed by atoms with E-state index in [-0.39, 0.29) is 5.92 Å². The van der Waals surface area contributed by atoms with Gasteiger partial charge in [-0.3, -0.25) is 9.67 Å². The van der Waals surface area contributed by atoms with E-state index in [0.717, 1.165) is 5.69 Å². The molecule has 0 bridgehead atoms. The maximum Gasteiger partial charge on any atom is 0.257 e. The minimum absolute atomic E-state index is 0.272. The first-order valence-corrected chi connectivity index (χ1v) is 5.69. The third-order valence-corrected chi connectivity index (χ3v) is 2.50. The Labute approximate surface area is 104 Å². The topological polar surface area (TPSA) is 43.6 Å². The molecule has 0 unspecified atom stereocenters. The van der Waals surface area contributed by atoms with Crippen molar-refractivity contribution in [2.75, 3.05) is 0 Å². The highest BCUT2D eigenvalue weighted by Gasteiger charge is 2.09. The Balaban J connectivity index is 2.25. The van der Waals surface area contributed by atoms with Crippen molar-refractivity contribution < 1.29 is 8.78 Å². The summed E-state index contributed by atoms with van der Waals surface area (Å²) >= 11 is 0. The molecule has 2 aromatic heterocycles. The summed E-state index contributed by atoms with van der Waals surface area (Å²) in [7, 11) is 0. The van der Waals surface area contributed by atoms with E-state index >= 15 is 0 Å². The molecule has 2 heterocycles. The summed E-state index contributed by atoms with van der Waals surface area (Å²) in [5.74, 6) is 0.272. The average molecular weight is 252 g/mol. The standard InChI is InChI=1S/C12H14F2N4/c1-8(2)10-4-15-5-11(17-10)9-3-16-18(6-9)7-12(13)14/h3-6,8,12H,7H2,1-2H3. The van der Waals surface area contributed by atoms with Crippen LogP contribution in [-0.2, 0) is 6.54 Å². The maximum absolute atomic E-state index is 12.2. The van der Waals surface area contributed by atoms with Gasteiger partial charge >= 0.3 is 0 Å². The number of hydrogen-bond donors (Lipinski definition) is 0. The van der Waals surface area contributed by atoms with Gasteiger partial charge in [-0.05, 0) is 5.92 Å². The van der Waals surface area contributed by atoms with Crippen LogP contribution in [0.3, 0.4) is 0 Å². The van der Waals surface area contributed by atoms with E-state index in [9.17, 15) is 8.78 Å². The Morgan fingerprint density at radius 3 is 2.67 bits per heavy atom. The van der Waals surface area contributed by atoms with Gasteiger partial charge in [-0.25, -0.2) is 13.8 Å². The van der Waals surface area contributed by atoms with Crippen molar-refractivity contribution in [3.05, 3.63) is 30.5 Å². The Morgan fingerprint density at radius 1 is 1.22 bits per heavy atom. The smallest absolute Gasteiger partial charge is 0.257 e. The molecule has 0 N–H and O–H groups in total. The molecule has 0 saturated carbocycles. The van der Waals surface area contributed by atoms with Gasteiger partial charge in [0.25, 0.3) is 6.43 Å². The highest BCUT2D eigenvalue weighted by molar-refractivity contribution is 5.55. The predicted octanol–water partition coefficient (Wildman–Crippen LogP) is 2.73. The first kappa shape index (κ1) is 12.6. The molecule has 2 rings (SSSR count). The van der Waals surface area contributed by atoms with Crippen LogP contribution in [0.2, 0.25) is 0 Å². The van der Waals surface area contributed by atoms with Crippen LogP contribution in [0.15, 0.2) is 24.8 Å². The van der Waals surface area contributed by atoms with Gasteiger partial charge in [-0.15, -0.1) is 0 Å². The van der Waals surface area contributed by atoms with E-state index in [1.165, 1.54) is 10.9 Å². The second-order valence-electron chi connectivity index (χ2n) is 4.33. The van der Waals surface area contributed by atoms with E-state index in [2.05, 4.69) is 15.1 Å². The van der Waals surface area contributed by atoms with Gasteiger partial charge in [0.1, 0.15) is 6.54 Å². The van der Waals surface area contributed by atoms with Gasteiger partial charge in [-0.2, -0.15) is 5.10 Å². The monoisotopic (exact) mass is 252 g/mol. The van der Waals surface area contributed by atoms with E-state index < -0.39 is 13.0 Å². The molecule has 2 aromatic rings. The quantitative estimate of drug-likeness (QED) is 0.840. The van der Waals surface area contributed by atoms with Gasteiger partial charge < -0.3 is 0 Å². The number of nitrogens with zero attached hydrogens (tertiary/aromatic N) is 4.